The Morgan fingerprint density at radius 3 is 2.74 bits per heavy atom. The van der Waals surface area contributed by atoms with Gasteiger partial charge in [-0.2, -0.15) is 0 Å². The number of aldehydes is 1. The van der Waals surface area contributed by atoms with Gasteiger partial charge in [-0.25, -0.2) is 0 Å². The molecule has 1 aromatic carbocycles. The Hall–Kier alpha value is -1.68. The normalized spacial score (nSPS) is 22.7. The zero-order chi connectivity index (χ0) is 13.5. The van der Waals surface area contributed by atoms with Gasteiger partial charge in [-0.1, -0.05) is 30.3 Å². The van der Waals surface area contributed by atoms with Crippen molar-refractivity contribution in [2.45, 2.75) is 37.9 Å². The maximum Gasteiger partial charge on any atom is 0.306 e. The Bertz CT molecular complexity index is 407. The topological polar surface area (TPSA) is 52.6 Å². The van der Waals surface area contributed by atoms with Crippen molar-refractivity contribution >= 4 is 12.3 Å². The number of hydrogen-bond donors (Lipinski definition) is 0. The third-order valence-corrected chi connectivity index (χ3v) is 3.17. The van der Waals surface area contributed by atoms with Gasteiger partial charge in [-0.3, -0.25) is 4.79 Å². The molecule has 19 heavy (non-hydrogen) atoms. The van der Waals surface area contributed by atoms with Gasteiger partial charge in [0.15, 0.2) is 0 Å². The molecule has 0 bridgehead atoms. The molecular weight excluding hydrogens is 244 g/mol. The molecule has 0 aliphatic carbocycles. The van der Waals surface area contributed by atoms with Crippen LogP contribution >= 0.6 is 0 Å². The van der Waals surface area contributed by atoms with Crippen molar-refractivity contribution in [2.75, 3.05) is 6.61 Å². The van der Waals surface area contributed by atoms with Gasteiger partial charge in [0.25, 0.3) is 0 Å². The molecule has 0 unspecified atom stereocenters. The van der Waals surface area contributed by atoms with Crippen LogP contribution in [0.1, 0.15) is 37.4 Å². The average Bonchev–Trinajstić information content (AvgIpc) is 2.47. The molecule has 2 atom stereocenters. The van der Waals surface area contributed by atoms with E-state index < -0.39 is 0 Å². The Labute approximate surface area is 112 Å². The first-order chi connectivity index (χ1) is 9.29. The number of esters is 1. The second-order valence-electron chi connectivity index (χ2n) is 4.63. The molecule has 0 N–H and O–H groups in total. The minimum absolute atomic E-state index is 0.0890. The van der Waals surface area contributed by atoms with Crippen LogP contribution in [-0.4, -0.2) is 25.0 Å². The van der Waals surface area contributed by atoms with Crippen molar-refractivity contribution in [1.29, 1.82) is 0 Å². The van der Waals surface area contributed by atoms with E-state index in [0.717, 1.165) is 24.7 Å². The van der Waals surface area contributed by atoms with Gasteiger partial charge in [0.1, 0.15) is 12.4 Å². The molecule has 0 aromatic heterocycles. The monoisotopic (exact) mass is 262 g/mol. The van der Waals surface area contributed by atoms with E-state index in [9.17, 15) is 9.59 Å². The van der Waals surface area contributed by atoms with Crippen LogP contribution in [0.25, 0.3) is 0 Å². The predicted octanol–water partition coefficient (Wildman–Crippen LogP) is 2.43. The number of hydrogen-bond acceptors (Lipinski definition) is 4. The fraction of sp³-hybridized carbons (Fsp3) is 0.467. The lowest BCUT2D eigenvalue weighted by Crippen LogP contribution is -2.29. The molecule has 0 spiro atoms. The number of ether oxygens (including phenoxy) is 2. The summed E-state index contributed by atoms with van der Waals surface area (Å²) in [5.41, 5.74) is 1.16. The Morgan fingerprint density at radius 1 is 1.32 bits per heavy atom. The van der Waals surface area contributed by atoms with Crippen LogP contribution in [0.5, 0.6) is 0 Å². The van der Waals surface area contributed by atoms with Gasteiger partial charge in [-0.15, -0.1) is 0 Å². The second-order valence-corrected chi connectivity index (χ2v) is 4.63. The average molecular weight is 262 g/mol. The van der Waals surface area contributed by atoms with E-state index in [2.05, 4.69) is 0 Å². The fourth-order valence-electron chi connectivity index (χ4n) is 2.17. The van der Waals surface area contributed by atoms with E-state index in [4.69, 9.17) is 9.47 Å². The maximum atomic E-state index is 11.4. The lowest BCUT2D eigenvalue weighted by atomic mass is 10.0. The standard InChI is InChI=1S/C15H18O4/c16-10-4-7-15(17)19-13-8-9-14(18-11-13)12-5-2-1-3-6-12/h1-3,5-6,10,13-14H,4,7-9,11H2/t13-,14-/m1/s1. The first-order valence-corrected chi connectivity index (χ1v) is 6.59. The Morgan fingerprint density at radius 2 is 2.11 bits per heavy atom. The van der Waals surface area contributed by atoms with Crippen molar-refractivity contribution in [2.24, 2.45) is 0 Å². The minimum atomic E-state index is -0.320. The lowest BCUT2D eigenvalue weighted by Gasteiger charge is -2.29. The number of carbonyl (C=O) groups is 2. The van der Waals surface area contributed by atoms with Crippen LogP contribution in [-0.2, 0) is 19.1 Å². The molecule has 4 heteroatoms. The predicted molar refractivity (Wildman–Crippen MR) is 69.5 cm³/mol. The Balaban J connectivity index is 1.76. The van der Waals surface area contributed by atoms with Gasteiger partial charge >= 0.3 is 5.97 Å². The molecule has 1 saturated heterocycles. The van der Waals surface area contributed by atoms with E-state index in [0.29, 0.717) is 6.61 Å². The third-order valence-electron chi connectivity index (χ3n) is 3.17. The van der Waals surface area contributed by atoms with E-state index in [-0.39, 0.29) is 31.0 Å². The molecule has 0 amide bonds. The summed E-state index contributed by atoms with van der Waals surface area (Å²) < 4.78 is 11.0. The quantitative estimate of drug-likeness (QED) is 0.604. The fourth-order valence-corrected chi connectivity index (χ4v) is 2.17. The zero-order valence-electron chi connectivity index (χ0n) is 10.8. The van der Waals surface area contributed by atoms with Crippen LogP contribution in [0.3, 0.4) is 0 Å². The summed E-state index contributed by atoms with van der Waals surface area (Å²) in [6, 6.07) is 10.0. The summed E-state index contributed by atoms with van der Waals surface area (Å²) in [5.74, 6) is -0.320. The molecule has 1 aliphatic rings. The van der Waals surface area contributed by atoms with E-state index in [1.54, 1.807) is 0 Å². The number of carbonyl (C=O) groups excluding carboxylic acids is 2. The minimum Gasteiger partial charge on any atom is -0.460 e. The number of rotatable bonds is 5. The van der Waals surface area contributed by atoms with Crippen molar-refractivity contribution in [1.82, 2.24) is 0 Å². The summed E-state index contributed by atoms with van der Waals surface area (Å²) >= 11 is 0. The SMILES string of the molecule is O=CCCC(=O)O[C@@H]1CC[C@H](c2ccccc2)OC1. The van der Waals surface area contributed by atoms with Crippen LogP contribution in [0, 0.1) is 0 Å². The summed E-state index contributed by atoms with van der Waals surface area (Å²) in [4.78, 5) is 21.6. The molecule has 1 heterocycles. The third kappa shape index (κ3) is 4.17. The first-order valence-electron chi connectivity index (χ1n) is 6.59. The molecule has 102 valence electrons. The summed E-state index contributed by atoms with van der Waals surface area (Å²) in [6.45, 7) is 0.423. The van der Waals surface area contributed by atoms with Gasteiger partial charge in [0.2, 0.25) is 0 Å². The highest BCUT2D eigenvalue weighted by Crippen LogP contribution is 2.28. The van der Waals surface area contributed by atoms with Crippen molar-refractivity contribution in [3.05, 3.63) is 35.9 Å². The second kappa shape index (κ2) is 7.04. The zero-order valence-corrected chi connectivity index (χ0v) is 10.8. The van der Waals surface area contributed by atoms with Crippen LogP contribution in [0.15, 0.2) is 30.3 Å². The van der Waals surface area contributed by atoms with E-state index in [1.165, 1.54) is 0 Å². The number of benzene rings is 1. The molecule has 1 aliphatic heterocycles. The van der Waals surface area contributed by atoms with E-state index in [1.807, 2.05) is 30.3 Å². The highest BCUT2D eigenvalue weighted by atomic mass is 16.6. The Kier molecular flexibility index (Phi) is 5.10. The molecular formula is C15H18O4. The van der Waals surface area contributed by atoms with Crippen LogP contribution in [0.4, 0.5) is 0 Å². The van der Waals surface area contributed by atoms with Gasteiger partial charge < -0.3 is 14.3 Å². The largest absolute Gasteiger partial charge is 0.460 e. The molecule has 4 nitrogen and oxygen atoms in total. The molecule has 0 saturated carbocycles. The van der Waals surface area contributed by atoms with Crippen LogP contribution in [0.2, 0.25) is 0 Å². The van der Waals surface area contributed by atoms with Crippen molar-refractivity contribution < 1.29 is 19.1 Å². The maximum absolute atomic E-state index is 11.4. The highest BCUT2D eigenvalue weighted by molar-refractivity contribution is 5.72. The molecule has 1 fully saturated rings. The summed E-state index contributed by atoms with van der Waals surface area (Å²) in [7, 11) is 0. The smallest absolute Gasteiger partial charge is 0.306 e. The molecule has 1 aromatic rings. The summed E-state index contributed by atoms with van der Waals surface area (Å²) in [5, 5.41) is 0. The van der Waals surface area contributed by atoms with Gasteiger partial charge in [-0.05, 0) is 18.4 Å². The van der Waals surface area contributed by atoms with Gasteiger partial charge in [0, 0.05) is 6.42 Å². The van der Waals surface area contributed by atoms with Crippen LogP contribution < -0.4 is 0 Å². The van der Waals surface area contributed by atoms with Gasteiger partial charge in [0.05, 0.1) is 19.1 Å². The molecule has 2 rings (SSSR count). The lowest BCUT2D eigenvalue weighted by molar-refractivity contribution is -0.159. The first kappa shape index (κ1) is 13.7. The van der Waals surface area contributed by atoms with Crippen molar-refractivity contribution in [3.63, 3.8) is 0 Å². The van der Waals surface area contributed by atoms with Crippen molar-refractivity contribution in [3.8, 4) is 0 Å². The highest BCUT2D eigenvalue weighted by Gasteiger charge is 2.25. The molecule has 0 radical (unpaired) electrons. The van der Waals surface area contributed by atoms with E-state index >= 15 is 0 Å². The summed E-state index contributed by atoms with van der Waals surface area (Å²) in [6.07, 6.45) is 2.65.